The Kier molecular flexibility index (Phi) is 2.19. The van der Waals surface area contributed by atoms with Gasteiger partial charge in [-0.1, -0.05) is 6.07 Å². The number of likely N-dealkylation sites (N-methyl/N-ethyl adjacent to an activating group) is 1. The fourth-order valence-corrected chi connectivity index (χ4v) is 5.71. The molecule has 112 valence electrons. The number of nitrogens with zero attached hydrogens (tertiary/aromatic N) is 1. The van der Waals surface area contributed by atoms with Gasteiger partial charge < -0.3 is 19.8 Å². The number of piperidine rings is 1. The van der Waals surface area contributed by atoms with E-state index in [9.17, 15) is 10.2 Å². The lowest BCUT2D eigenvalue weighted by molar-refractivity contribution is -0.0993. The summed E-state index contributed by atoms with van der Waals surface area (Å²) in [5, 5.41) is 20.8. The van der Waals surface area contributed by atoms with E-state index < -0.39 is 6.10 Å². The Hall–Kier alpha value is -1.26. The van der Waals surface area contributed by atoms with Crippen LogP contribution in [0.4, 0.5) is 0 Å². The van der Waals surface area contributed by atoms with Gasteiger partial charge in [0.15, 0.2) is 11.5 Å². The van der Waals surface area contributed by atoms with Crippen molar-refractivity contribution in [2.75, 3.05) is 13.6 Å². The molecule has 2 bridgehead atoms. The monoisotopic (exact) mass is 287 g/mol. The summed E-state index contributed by atoms with van der Waals surface area (Å²) in [5.41, 5.74) is 2.46. The van der Waals surface area contributed by atoms with Gasteiger partial charge in [0.05, 0.1) is 6.10 Å². The van der Waals surface area contributed by atoms with Crippen molar-refractivity contribution in [3.8, 4) is 11.5 Å². The first-order valence-electron chi connectivity index (χ1n) is 8.03. The summed E-state index contributed by atoms with van der Waals surface area (Å²) in [4.78, 5) is 2.48. The van der Waals surface area contributed by atoms with Crippen LogP contribution in [0.2, 0.25) is 0 Å². The molecule has 1 aromatic rings. The van der Waals surface area contributed by atoms with Crippen molar-refractivity contribution in [3.05, 3.63) is 23.3 Å². The van der Waals surface area contributed by atoms with Gasteiger partial charge >= 0.3 is 0 Å². The molecule has 1 saturated heterocycles. The fourth-order valence-electron chi connectivity index (χ4n) is 5.71. The Balaban J connectivity index is 1.81. The molecular formula is C17H21NO3. The third kappa shape index (κ3) is 1.25. The second kappa shape index (κ2) is 3.73. The molecule has 1 aromatic carbocycles. The summed E-state index contributed by atoms with van der Waals surface area (Å²) in [6, 6.07) is 4.36. The number of phenolic OH excluding ortho intramolecular Hbond substituents is 1. The highest BCUT2D eigenvalue weighted by molar-refractivity contribution is 5.60. The van der Waals surface area contributed by atoms with Crippen LogP contribution in [0.1, 0.15) is 30.4 Å². The van der Waals surface area contributed by atoms with Crippen molar-refractivity contribution in [2.45, 2.75) is 49.3 Å². The van der Waals surface area contributed by atoms with Crippen molar-refractivity contribution in [1.29, 1.82) is 0 Å². The molecule has 2 aliphatic carbocycles. The van der Waals surface area contributed by atoms with E-state index in [4.69, 9.17) is 4.74 Å². The summed E-state index contributed by atoms with van der Waals surface area (Å²) < 4.78 is 6.14. The molecule has 4 heteroatoms. The first-order valence-corrected chi connectivity index (χ1v) is 8.03. The van der Waals surface area contributed by atoms with E-state index in [0.29, 0.717) is 17.7 Å². The zero-order valence-corrected chi connectivity index (χ0v) is 12.2. The topological polar surface area (TPSA) is 52.9 Å². The lowest BCUT2D eigenvalue weighted by Crippen LogP contribution is -2.66. The summed E-state index contributed by atoms with van der Waals surface area (Å²) in [5.74, 6) is 1.44. The van der Waals surface area contributed by atoms with Gasteiger partial charge in [-0.3, -0.25) is 0 Å². The van der Waals surface area contributed by atoms with Gasteiger partial charge in [0.25, 0.3) is 0 Å². The quantitative estimate of drug-likeness (QED) is 0.758. The number of aliphatic hydroxyl groups excluding tert-OH is 1. The number of benzene rings is 1. The first kappa shape index (κ1) is 12.3. The molecule has 4 nitrogen and oxygen atoms in total. The molecule has 1 saturated carbocycles. The van der Waals surface area contributed by atoms with Gasteiger partial charge in [0.2, 0.25) is 0 Å². The van der Waals surface area contributed by atoms with Gasteiger partial charge in [-0.2, -0.15) is 0 Å². The van der Waals surface area contributed by atoms with Gasteiger partial charge in [-0.05, 0) is 56.8 Å². The standard InChI is InChI=1S/C17H21NO3/c1-18-7-6-17-10-3-5-13(20)16(17)21-15-12(19)4-2-9(14(15)17)8-11(10)18/h2,4,10-11,13,16,19-20H,3,5-8H2,1H3/t10?,11-,13?,16+,17+/m1/s1. The Morgan fingerprint density at radius 3 is 3.05 bits per heavy atom. The van der Waals surface area contributed by atoms with Crippen LogP contribution in [-0.2, 0) is 11.8 Å². The SMILES string of the molecule is CN1CC[C@]23c4c5ccc(O)c4O[C@H]2C(O)CCC3[C@H]1C5. The summed E-state index contributed by atoms with van der Waals surface area (Å²) in [6.45, 7) is 1.04. The van der Waals surface area contributed by atoms with E-state index in [0.717, 1.165) is 32.2 Å². The molecule has 2 aliphatic heterocycles. The molecule has 4 aliphatic rings. The largest absolute Gasteiger partial charge is 0.504 e. The van der Waals surface area contributed by atoms with Crippen LogP contribution < -0.4 is 4.74 Å². The molecule has 5 atom stereocenters. The molecule has 2 fully saturated rings. The molecule has 0 radical (unpaired) electrons. The number of phenols is 1. The van der Waals surface area contributed by atoms with E-state index in [1.54, 1.807) is 6.07 Å². The van der Waals surface area contributed by atoms with Gasteiger partial charge in [0.1, 0.15) is 6.10 Å². The maximum absolute atomic E-state index is 10.5. The zero-order valence-electron chi connectivity index (χ0n) is 12.2. The average Bonchev–Trinajstić information content (AvgIpc) is 2.83. The Morgan fingerprint density at radius 1 is 1.33 bits per heavy atom. The molecule has 0 aromatic heterocycles. The van der Waals surface area contributed by atoms with E-state index in [1.165, 1.54) is 11.1 Å². The normalized spacial score (nSPS) is 43.3. The minimum Gasteiger partial charge on any atom is -0.504 e. The van der Waals surface area contributed by atoms with Crippen molar-refractivity contribution in [3.63, 3.8) is 0 Å². The van der Waals surface area contributed by atoms with E-state index in [1.807, 2.05) is 0 Å². The predicted molar refractivity (Wildman–Crippen MR) is 77.7 cm³/mol. The first-order chi connectivity index (χ1) is 10.1. The number of hydrogen-bond acceptors (Lipinski definition) is 4. The Bertz CT molecular complexity index is 631. The van der Waals surface area contributed by atoms with Crippen molar-refractivity contribution in [1.82, 2.24) is 4.90 Å². The zero-order chi connectivity index (χ0) is 14.4. The third-order valence-electron chi connectivity index (χ3n) is 6.56. The second-order valence-corrected chi connectivity index (χ2v) is 7.28. The fraction of sp³-hybridized carbons (Fsp3) is 0.647. The summed E-state index contributed by atoms with van der Waals surface area (Å²) >= 11 is 0. The molecule has 2 N–H and O–H groups in total. The third-order valence-corrected chi connectivity index (χ3v) is 6.56. The highest BCUT2D eigenvalue weighted by Gasteiger charge is 2.65. The van der Waals surface area contributed by atoms with Crippen LogP contribution in [0, 0.1) is 5.92 Å². The minimum absolute atomic E-state index is 0.0729. The van der Waals surface area contributed by atoms with Gasteiger partial charge in [-0.25, -0.2) is 0 Å². The Morgan fingerprint density at radius 2 is 2.19 bits per heavy atom. The smallest absolute Gasteiger partial charge is 0.165 e. The van der Waals surface area contributed by atoms with Crippen LogP contribution in [-0.4, -0.2) is 47.0 Å². The van der Waals surface area contributed by atoms with Gasteiger partial charge in [0, 0.05) is 17.0 Å². The average molecular weight is 287 g/mol. The van der Waals surface area contributed by atoms with Crippen LogP contribution >= 0.6 is 0 Å². The van der Waals surface area contributed by atoms with Crippen LogP contribution in [0.5, 0.6) is 11.5 Å². The number of likely N-dealkylation sites (tertiary alicyclic amines) is 1. The van der Waals surface area contributed by atoms with Crippen molar-refractivity contribution < 1.29 is 14.9 Å². The molecular weight excluding hydrogens is 266 g/mol. The van der Waals surface area contributed by atoms with Crippen LogP contribution in [0.25, 0.3) is 0 Å². The maximum atomic E-state index is 10.5. The van der Waals surface area contributed by atoms with Crippen molar-refractivity contribution >= 4 is 0 Å². The van der Waals surface area contributed by atoms with Crippen LogP contribution in [0.15, 0.2) is 12.1 Å². The highest BCUT2D eigenvalue weighted by atomic mass is 16.5. The molecule has 21 heavy (non-hydrogen) atoms. The molecule has 1 spiro atoms. The molecule has 5 rings (SSSR count). The lowest BCUT2D eigenvalue weighted by Gasteiger charge is -2.58. The Labute approximate surface area is 124 Å². The molecule has 2 heterocycles. The van der Waals surface area contributed by atoms with E-state index in [2.05, 4.69) is 18.0 Å². The minimum atomic E-state index is -0.414. The molecule has 2 unspecified atom stereocenters. The van der Waals surface area contributed by atoms with Crippen molar-refractivity contribution in [2.24, 2.45) is 5.92 Å². The van der Waals surface area contributed by atoms with Crippen LogP contribution in [0.3, 0.4) is 0 Å². The van der Waals surface area contributed by atoms with Gasteiger partial charge in [-0.15, -0.1) is 0 Å². The number of rotatable bonds is 0. The summed E-state index contributed by atoms with van der Waals surface area (Å²) in [7, 11) is 2.22. The lowest BCUT2D eigenvalue weighted by atomic mass is 9.51. The second-order valence-electron chi connectivity index (χ2n) is 7.28. The maximum Gasteiger partial charge on any atom is 0.165 e. The highest BCUT2D eigenvalue weighted by Crippen LogP contribution is 2.63. The molecule has 0 amide bonds. The number of aromatic hydroxyl groups is 1. The number of hydrogen-bond donors (Lipinski definition) is 2. The summed E-state index contributed by atoms with van der Waals surface area (Å²) in [6.07, 6.45) is 3.35. The number of ether oxygens (including phenoxy) is 1. The van der Waals surface area contributed by atoms with E-state index in [-0.39, 0.29) is 17.3 Å². The van der Waals surface area contributed by atoms with E-state index >= 15 is 0 Å². The predicted octanol–water partition coefficient (Wildman–Crippen LogP) is 1.42. The number of aliphatic hydroxyl groups is 1.